The van der Waals surface area contributed by atoms with Gasteiger partial charge in [0.2, 0.25) is 0 Å². The van der Waals surface area contributed by atoms with Crippen LogP contribution in [0.1, 0.15) is 30.7 Å². The van der Waals surface area contributed by atoms with Gasteiger partial charge in [0.05, 0.1) is 12.2 Å². The van der Waals surface area contributed by atoms with Crippen LogP contribution in [0.15, 0.2) is 24.3 Å². The maximum absolute atomic E-state index is 5.52. The summed E-state index contributed by atoms with van der Waals surface area (Å²) in [5.41, 5.74) is 5.89. The standard InChI is InChI=1S/C16H20N4S/c1-4-11-8-6-7-9-12(11)10-20-15-14(17-16(20)21)13(5-2)18-19(15)3/h6-9H,4-5,10H2,1-3H3,(H,17,21). The number of fused-ring (bicyclic) bond motifs is 1. The van der Waals surface area contributed by atoms with Gasteiger partial charge in [-0.1, -0.05) is 38.1 Å². The lowest BCUT2D eigenvalue weighted by Gasteiger charge is -2.09. The second kappa shape index (κ2) is 5.48. The Morgan fingerprint density at radius 1 is 1.14 bits per heavy atom. The molecule has 4 nitrogen and oxygen atoms in total. The van der Waals surface area contributed by atoms with Gasteiger partial charge in [-0.3, -0.25) is 9.25 Å². The molecule has 0 atom stereocenters. The highest BCUT2D eigenvalue weighted by molar-refractivity contribution is 7.71. The fourth-order valence-electron chi connectivity index (χ4n) is 2.90. The van der Waals surface area contributed by atoms with Crippen molar-refractivity contribution in [1.82, 2.24) is 19.3 Å². The molecule has 0 spiro atoms. The molecule has 1 N–H and O–H groups in total. The highest BCUT2D eigenvalue weighted by atomic mass is 32.1. The van der Waals surface area contributed by atoms with Gasteiger partial charge in [-0.2, -0.15) is 5.10 Å². The van der Waals surface area contributed by atoms with Crippen molar-refractivity contribution < 1.29 is 0 Å². The van der Waals surface area contributed by atoms with Crippen LogP contribution in [0.3, 0.4) is 0 Å². The summed E-state index contributed by atoms with van der Waals surface area (Å²) in [6, 6.07) is 8.54. The molecule has 2 aromatic heterocycles. The van der Waals surface area contributed by atoms with Crippen LogP contribution in [-0.2, 0) is 26.4 Å². The van der Waals surface area contributed by atoms with E-state index in [-0.39, 0.29) is 0 Å². The largest absolute Gasteiger partial charge is 0.328 e. The van der Waals surface area contributed by atoms with Crippen molar-refractivity contribution in [1.29, 1.82) is 0 Å². The van der Waals surface area contributed by atoms with Crippen LogP contribution in [0.5, 0.6) is 0 Å². The van der Waals surface area contributed by atoms with Gasteiger partial charge in [0.1, 0.15) is 5.52 Å². The molecule has 0 saturated carbocycles. The summed E-state index contributed by atoms with van der Waals surface area (Å²) >= 11 is 5.52. The molecule has 1 aromatic carbocycles. The highest BCUT2D eigenvalue weighted by Gasteiger charge is 2.14. The molecule has 3 rings (SSSR count). The minimum absolute atomic E-state index is 0.763. The minimum Gasteiger partial charge on any atom is -0.328 e. The summed E-state index contributed by atoms with van der Waals surface area (Å²) < 4.78 is 4.83. The lowest BCUT2D eigenvalue weighted by Crippen LogP contribution is -2.06. The number of rotatable bonds is 4. The van der Waals surface area contributed by atoms with Crippen molar-refractivity contribution in [3.05, 3.63) is 45.9 Å². The first-order valence-corrected chi connectivity index (χ1v) is 7.77. The fourth-order valence-corrected chi connectivity index (χ4v) is 3.15. The number of aromatic amines is 1. The van der Waals surface area contributed by atoms with Crippen molar-refractivity contribution in [3.8, 4) is 0 Å². The van der Waals surface area contributed by atoms with Crippen LogP contribution >= 0.6 is 12.2 Å². The van der Waals surface area contributed by atoms with Crippen LogP contribution in [0.2, 0.25) is 0 Å². The Morgan fingerprint density at radius 2 is 1.86 bits per heavy atom. The number of aromatic nitrogens is 4. The summed E-state index contributed by atoms with van der Waals surface area (Å²) in [5.74, 6) is 0. The maximum Gasteiger partial charge on any atom is 0.179 e. The number of H-pyrrole nitrogens is 1. The van der Waals surface area contributed by atoms with E-state index >= 15 is 0 Å². The number of nitrogens with zero attached hydrogens (tertiary/aromatic N) is 3. The van der Waals surface area contributed by atoms with E-state index in [9.17, 15) is 0 Å². The summed E-state index contributed by atoms with van der Waals surface area (Å²) in [6.07, 6.45) is 1.93. The third-order valence-corrected chi connectivity index (χ3v) is 4.31. The Balaban J connectivity index is 2.15. The first-order valence-electron chi connectivity index (χ1n) is 7.36. The molecule has 5 heteroatoms. The molecule has 0 aliphatic heterocycles. The van der Waals surface area contributed by atoms with E-state index in [2.05, 4.69) is 52.8 Å². The number of aryl methyl sites for hydroxylation is 3. The van der Waals surface area contributed by atoms with Gasteiger partial charge in [0.15, 0.2) is 10.4 Å². The predicted octanol–water partition coefficient (Wildman–Crippen LogP) is 3.61. The summed E-state index contributed by atoms with van der Waals surface area (Å²) in [4.78, 5) is 3.32. The zero-order valence-electron chi connectivity index (χ0n) is 12.7. The lowest BCUT2D eigenvalue weighted by atomic mass is 10.1. The summed E-state index contributed by atoms with van der Waals surface area (Å²) in [6.45, 7) is 5.08. The molecule has 0 amide bonds. The normalized spacial score (nSPS) is 11.4. The fraction of sp³-hybridized carbons (Fsp3) is 0.375. The Labute approximate surface area is 129 Å². The molecule has 0 bridgehead atoms. The molecule has 0 fully saturated rings. The molecule has 110 valence electrons. The molecular weight excluding hydrogens is 280 g/mol. The first-order chi connectivity index (χ1) is 10.2. The van der Waals surface area contributed by atoms with Crippen molar-refractivity contribution in [2.24, 2.45) is 7.05 Å². The Morgan fingerprint density at radius 3 is 2.52 bits per heavy atom. The molecular formula is C16H20N4S. The quantitative estimate of drug-likeness (QED) is 0.748. The second-order valence-electron chi connectivity index (χ2n) is 5.26. The average Bonchev–Trinajstić information content (AvgIpc) is 2.97. The molecule has 0 saturated heterocycles. The first kappa shape index (κ1) is 14.1. The van der Waals surface area contributed by atoms with Gasteiger partial charge < -0.3 is 4.98 Å². The monoisotopic (exact) mass is 300 g/mol. The molecule has 2 heterocycles. The maximum atomic E-state index is 5.52. The number of hydrogen-bond acceptors (Lipinski definition) is 2. The van der Waals surface area contributed by atoms with Crippen LogP contribution in [0.4, 0.5) is 0 Å². The van der Waals surface area contributed by atoms with Crippen molar-refractivity contribution >= 4 is 23.4 Å². The van der Waals surface area contributed by atoms with Crippen LogP contribution in [0.25, 0.3) is 11.2 Å². The van der Waals surface area contributed by atoms with E-state index in [1.54, 1.807) is 0 Å². The lowest BCUT2D eigenvalue weighted by molar-refractivity contribution is 0.707. The number of imidazole rings is 1. The van der Waals surface area contributed by atoms with E-state index in [0.717, 1.165) is 41.0 Å². The Kier molecular flexibility index (Phi) is 3.68. The van der Waals surface area contributed by atoms with Crippen molar-refractivity contribution in [2.75, 3.05) is 0 Å². The topological polar surface area (TPSA) is 38.5 Å². The van der Waals surface area contributed by atoms with Crippen molar-refractivity contribution in [2.45, 2.75) is 33.2 Å². The smallest absolute Gasteiger partial charge is 0.179 e. The third-order valence-electron chi connectivity index (χ3n) is 3.98. The van der Waals surface area contributed by atoms with Gasteiger partial charge >= 0.3 is 0 Å². The van der Waals surface area contributed by atoms with Gasteiger partial charge in [-0.15, -0.1) is 0 Å². The predicted molar refractivity (Wildman–Crippen MR) is 88.2 cm³/mol. The van der Waals surface area contributed by atoms with Crippen LogP contribution < -0.4 is 0 Å². The number of hydrogen-bond donors (Lipinski definition) is 1. The van der Waals surface area contributed by atoms with E-state index in [1.807, 2.05) is 11.7 Å². The summed E-state index contributed by atoms with van der Waals surface area (Å²) in [7, 11) is 1.98. The molecule has 21 heavy (non-hydrogen) atoms. The SMILES string of the molecule is CCc1ccccc1Cn1c(=S)[nH]c2c(CC)nn(C)c21. The number of benzene rings is 1. The Hall–Kier alpha value is -1.88. The van der Waals surface area contributed by atoms with Gasteiger partial charge in [-0.05, 0) is 36.2 Å². The third kappa shape index (κ3) is 2.31. The van der Waals surface area contributed by atoms with Crippen LogP contribution in [0, 0.1) is 4.77 Å². The molecule has 0 unspecified atom stereocenters. The number of nitrogens with one attached hydrogen (secondary N) is 1. The average molecular weight is 300 g/mol. The minimum atomic E-state index is 0.763. The zero-order chi connectivity index (χ0) is 15.0. The summed E-state index contributed by atoms with van der Waals surface area (Å²) in [5, 5.41) is 4.57. The van der Waals surface area contributed by atoms with Gasteiger partial charge in [-0.25, -0.2) is 0 Å². The van der Waals surface area contributed by atoms with Crippen molar-refractivity contribution in [3.63, 3.8) is 0 Å². The van der Waals surface area contributed by atoms with E-state index < -0.39 is 0 Å². The van der Waals surface area contributed by atoms with Crippen LogP contribution in [-0.4, -0.2) is 19.3 Å². The second-order valence-corrected chi connectivity index (χ2v) is 5.65. The highest BCUT2D eigenvalue weighted by Crippen LogP contribution is 2.20. The van der Waals surface area contributed by atoms with Gasteiger partial charge in [0.25, 0.3) is 0 Å². The van der Waals surface area contributed by atoms with E-state index in [4.69, 9.17) is 12.2 Å². The molecule has 0 radical (unpaired) electrons. The molecule has 0 aliphatic rings. The van der Waals surface area contributed by atoms with Gasteiger partial charge in [0, 0.05) is 7.05 Å². The van der Waals surface area contributed by atoms with E-state index in [1.165, 1.54) is 11.1 Å². The Bertz CT molecular complexity index is 838. The molecule has 3 aromatic rings. The van der Waals surface area contributed by atoms with E-state index in [0.29, 0.717) is 0 Å². The zero-order valence-corrected chi connectivity index (χ0v) is 13.5. The molecule has 0 aliphatic carbocycles.